The zero-order valence-electron chi connectivity index (χ0n) is 16.7. The molecule has 0 aliphatic heterocycles. The molecule has 5 nitrogen and oxygen atoms in total. The molecule has 0 aromatic heterocycles. The second-order valence-electron chi connectivity index (χ2n) is 6.84. The van der Waals surface area contributed by atoms with Crippen LogP contribution in [-0.4, -0.2) is 18.3 Å². The standard InChI is InChI=1S/C25H22N2O3/c1-18(28)23-14-9-20(17-26)16-24(23)25(29)27-21-10-12-22(13-11-21)30-15-5-8-19-6-3-2-4-7-19/h2-4,6-7,9-14,16H,5,8,15H2,1H3,(H,27,29). The number of hydrogen-bond donors (Lipinski definition) is 1. The van der Waals surface area contributed by atoms with Gasteiger partial charge in [-0.3, -0.25) is 9.59 Å². The van der Waals surface area contributed by atoms with Crippen LogP contribution in [0.2, 0.25) is 0 Å². The zero-order chi connectivity index (χ0) is 21.3. The van der Waals surface area contributed by atoms with Crippen molar-refractivity contribution in [2.75, 3.05) is 11.9 Å². The lowest BCUT2D eigenvalue weighted by Crippen LogP contribution is -2.16. The number of nitrogens with zero attached hydrogens (tertiary/aromatic N) is 1. The lowest BCUT2D eigenvalue weighted by molar-refractivity contribution is 0.0985. The second kappa shape index (κ2) is 10.0. The molecular formula is C25H22N2O3. The largest absolute Gasteiger partial charge is 0.494 e. The van der Waals surface area contributed by atoms with E-state index >= 15 is 0 Å². The van der Waals surface area contributed by atoms with Crippen LogP contribution in [0.5, 0.6) is 5.75 Å². The summed E-state index contributed by atoms with van der Waals surface area (Å²) < 4.78 is 5.76. The van der Waals surface area contributed by atoms with Gasteiger partial charge in [0.25, 0.3) is 5.91 Å². The molecular weight excluding hydrogens is 376 g/mol. The number of carbonyl (C=O) groups is 2. The van der Waals surface area contributed by atoms with Gasteiger partial charge in [0.1, 0.15) is 5.75 Å². The van der Waals surface area contributed by atoms with E-state index in [1.807, 2.05) is 24.3 Å². The first kappa shape index (κ1) is 20.8. The molecule has 0 bridgehead atoms. The van der Waals surface area contributed by atoms with E-state index in [9.17, 15) is 9.59 Å². The number of rotatable bonds is 8. The van der Waals surface area contributed by atoms with Gasteiger partial charge in [-0.1, -0.05) is 30.3 Å². The monoisotopic (exact) mass is 398 g/mol. The first-order valence-corrected chi connectivity index (χ1v) is 9.70. The van der Waals surface area contributed by atoms with Crippen molar-refractivity contribution in [2.24, 2.45) is 0 Å². The number of hydrogen-bond acceptors (Lipinski definition) is 4. The summed E-state index contributed by atoms with van der Waals surface area (Å²) in [5.41, 5.74) is 2.65. The maximum Gasteiger partial charge on any atom is 0.256 e. The van der Waals surface area contributed by atoms with Crippen molar-refractivity contribution in [1.29, 1.82) is 5.26 Å². The van der Waals surface area contributed by atoms with Gasteiger partial charge >= 0.3 is 0 Å². The molecule has 150 valence electrons. The number of ether oxygens (including phenoxy) is 1. The highest BCUT2D eigenvalue weighted by Gasteiger charge is 2.15. The average molecular weight is 398 g/mol. The van der Waals surface area contributed by atoms with E-state index in [4.69, 9.17) is 10.00 Å². The summed E-state index contributed by atoms with van der Waals surface area (Å²) in [6.07, 6.45) is 1.86. The Hall–Kier alpha value is -3.91. The van der Waals surface area contributed by atoms with Crippen LogP contribution < -0.4 is 10.1 Å². The Morgan fingerprint density at radius 1 is 0.967 bits per heavy atom. The average Bonchev–Trinajstić information content (AvgIpc) is 2.78. The summed E-state index contributed by atoms with van der Waals surface area (Å²) in [5.74, 6) is 0.0506. The third-order valence-electron chi connectivity index (χ3n) is 4.61. The van der Waals surface area contributed by atoms with E-state index in [1.54, 1.807) is 24.3 Å². The normalized spacial score (nSPS) is 10.1. The highest BCUT2D eigenvalue weighted by atomic mass is 16.5. The number of carbonyl (C=O) groups excluding carboxylic acids is 2. The summed E-state index contributed by atoms with van der Waals surface area (Å²) in [7, 11) is 0. The topological polar surface area (TPSA) is 79.2 Å². The maximum absolute atomic E-state index is 12.6. The zero-order valence-corrected chi connectivity index (χ0v) is 16.7. The van der Waals surface area contributed by atoms with E-state index in [0.717, 1.165) is 18.6 Å². The molecule has 0 heterocycles. The minimum Gasteiger partial charge on any atom is -0.494 e. The van der Waals surface area contributed by atoms with Crippen LogP contribution in [0.15, 0.2) is 72.8 Å². The van der Waals surface area contributed by atoms with Crippen LogP contribution in [0.1, 0.15) is 45.2 Å². The highest BCUT2D eigenvalue weighted by molar-refractivity contribution is 6.12. The Morgan fingerprint density at radius 3 is 2.37 bits per heavy atom. The van der Waals surface area contributed by atoms with Crippen molar-refractivity contribution in [3.05, 3.63) is 95.1 Å². The molecule has 0 saturated carbocycles. The Labute approximate surface area is 175 Å². The van der Waals surface area contributed by atoms with Crippen molar-refractivity contribution in [3.8, 4) is 11.8 Å². The van der Waals surface area contributed by atoms with Gasteiger partial charge in [-0.25, -0.2) is 0 Å². The van der Waals surface area contributed by atoms with Gasteiger partial charge in [0.2, 0.25) is 0 Å². The van der Waals surface area contributed by atoms with Crippen molar-refractivity contribution >= 4 is 17.4 Å². The van der Waals surface area contributed by atoms with Gasteiger partial charge < -0.3 is 10.1 Å². The molecule has 0 saturated heterocycles. The predicted octanol–water partition coefficient (Wildman–Crippen LogP) is 5.02. The molecule has 0 unspecified atom stereocenters. The molecule has 1 amide bonds. The number of nitriles is 1. The van der Waals surface area contributed by atoms with Gasteiger partial charge in [-0.2, -0.15) is 5.26 Å². The van der Waals surface area contributed by atoms with Crippen molar-refractivity contribution in [2.45, 2.75) is 19.8 Å². The summed E-state index contributed by atoms with van der Waals surface area (Å²) in [5, 5.41) is 11.8. The first-order valence-electron chi connectivity index (χ1n) is 9.70. The molecule has 1 N–H and O–H groups in total. The third-order valence-corrected chi connectivity index (χ3v) is 4.61. The van der Waals surface area contributed by atoms with Crippen LogP contribution in [0, 0.1) is 11.3 Å². The highest BCUT2D eigenvalue weighted by Crippen LogP contribution is 2.19. The molecule has 0 aliphatic rings. The lowest BCUT2D eigenvalue weighted by atomic mass is 10.0. The molecule has 5 heteroatoms. The summed E-state index contributed by atoms with van der Waals surface area (Å²) in [4.78, 5) is 24.4. The summed E-state index contributed by atoms with van der Waals surface area (Å²) >= 11 is 0. The fourth-order valence-electron chi connectivity index (χ4n) is 3.05. The number of nitrogens with one attached hydrogen (secondary N) is 1. The summed E-state index contributed by atoms with van der Waals surface area (Å²) in [6, 6.07) is 23.8. The number of aryl methyl sites for hydroxylation is 1. The van der Waals surface area contributed by atoms with E-state index in [-0.39, 0.29) is 16.9 Å². The first-order chi connectivity index (χ1) is 14.6. The molecule has 3 aromatic carbocycles. The van der Waals surface area contributed by atoms with Gasteiger partial charge in [0.05, 0.1) is 23.8 Å². The number of Topliss-reactive ketones (excluding diaryl/α,β-unsaturated/α-hetero) is 1. The molecule has 3 rings (SSSR count). The van der Waals surface area contributed by atoms with E-state index in [1.165, 1.54) is 30.7 Å². The number of benzene rings is 3. The molecule has 30 heavy (non-hydrogen) atoms. The fourth-order valence-corrected chi connectivity index (χ4v) is 3.05. The van der Waals surface area contributed by atoms with Crippen molar-refractivity contribution < 1.29 is 14.3 Å². The van der Waals surface area contributed by atoms with Gasteiger partial charge in [0.15, 0.2) is 5.78 Å². The van der Waals surface area contributed by atoms with Gasteiger partial charge in [-0.15, -0.1) is 0 Å². The molecule has 0 atom stereocenters. The Balaban J connectivity index is 1.57. The van der Waals surface area contributed by atoms with E-state index < -0.39 is 5.91 Å². The number of anilines is 1. The maximum atomic E-state index is 12.6. The summed E-state index contributed by atoms with van der Waals surface area (Å²) in [6.45, 7) is 1.99. The van der Waals surface area contributed by atoms with Crippen LogP contribution in [0.4, 0.5) is 5.69 Å². The van der Waals surface area contributed by atoms with Crippen molar-refractivity contribution in [1.82, 2.24) is 0 Å². The Kier molecular flexibility index (Phi) is 6.96. The second-order valence-corrected chi connectivity index (χ2v) is 6.84. The Morgan fingerprint density at radius 2 is 1.70 bits per heavy atom. The molecule has 0 spiro atoms. The fraction of sp³-hybridized carbons (Fsp3) is 0.160. The quantitative estimate of drug-likeness (QED) is 0.427. The number of amides is 1. The predicted molar refractivity (Wildman–Crippen MR) is 116 cm³/mol. The smallest absolute Gasteiger partial charge is 0.256 e. The lowest BCUT2D eigenvalue weighted by Gasteiger charge is -2.10. The third kappa shape index (κ3) is 5.55. The minimum atomic E-state index is -0.436. The van der Waals surface area contributed by atoms with Crippen LogP contribution in [0.25, 0.3) is 0 Å². The minimum absolute atomic E-state index is 0.183. The van der Waals surface area contributed by atoms with Crippen molar-refractivity contribution in [3.63, 3.8) is 0 Å². The SMILES string of the molecule is CC(=O)c1ccc(C#N)cc1C(=O)Nc1ccc(OCCCc2ccccc2)cc1. The van der Waals surface area contributed by atoms with E-state index in [2.05, 4.69) is 17.4 Å². The van der Waals surface area contributed by atoms with Gasteiger partial charge in [0, 0.05) is 11.3 Å². The van der Waals surface area contributed by atoms with Crippen LogP contribution in [-0.2, 0) is 6.42 Å². The Bertz CT molecular complexity index is 1070. The van der Waals surface area contributed by atoms with Gasteiger partial charge in [-0.05, 0) is 67.8 Å². The molecule has 3 aromatic rings. The van der Waals surface area contributed by atoms with Crippen LogP contribution >= 0.6 is 0 Å². The number of ketones is 1. The van der Waals surface area contributed by atoms with Crippen LogP contribution in [0.3, 0.4) is 0 Å². The molecule has 0 radical (unpaired) electrons. The molecule has 0 fully saturated rings. The molecule has 0 aliphatic carbocycles. The van der Waals surface area contributed by atoms with E-state index in [0.29, 0.717) is 17.9 Å².